The van der Waals surface area contributed by atoms with E-state index in [1.165, 1.54) is 9.13 Å². The van der Waals surface area contributed by atoms with Crippen molar-refractivity contribution in [2.75, 3.05) is 5.73 Å². The highest BCUT2D eigenvalue weighted by Gasteiger charge is 2.17. The molecule has 0 atom stereocenters. The van der Waals surface area contributed by atoms with Crippen LogP contribution in [0.15, 0.2) is 27.8 Å². The maximum absolute atomic E-state index is 12.7. The lowest BCUT2D eigenvalue weighted by atomic mass is 10.2. The van der Waals surface area contributed by atoms with Crippen LogP contribution in [0.25, 0.3) is 11.2 Å². The van der Waals surface area contributed by atoms with Gasteiger partial charge in [-0.25, -0.2) is 4.79 Å². The van der Waals surface area contributed by atoms with Crippen LogP contribution in [0.2, 0.25) is 10.0 Å². The lowest BCUT2D eigenvalue weighted by Crippen LogP contribution is -2.39. The van der Waals surface area contributed by atoms with E-state index in [0.717, 1.165) is 4.57 Å². The number of aromatic nitrogens is 4. The van der Waals surface area contributed by atoms with Crippen molar-refractivity contribution in [2.24, 2.45) is 14.1 Å². The highest BCUT2D eigenvalue weighted by atomic mass is 35.5. The second kappa shape index (κ2) is 5.43. The lowest BCUT2D eigenvalue weighted by molar-refractivity contribution is 0.655. The van der Waals surface area contributed by atoms with Crippen LogP contribution >= 0.6 is 23.2 Å². The van der Waals surface area contributed by atoms with Crippen LogP contribution in [0.1, 0.15) is 5.56 Å². The van der Waals surface area contributed by atoms with E-state index in [2.05, 4.69) is 4.98 Å². The van der Waals surface area contributed by atoms with Gasteiger partial charge < -0.3 is 10.3 Å². The number of benzene rings is 1. The molecule has 0 bridgehead atoms. The SMILES string of the molecule is Cn1c(N)nc2c1c(=O)n(Cc1ccc(Cl)c(Cl)c1)c(=O)n2C. The van der Waals surface area contributed by atoms with Crippen molar-refractivity contribution in [1.29, 1.82) is 0 Å². The molecule has 0 spiro atoms. The Morgan fingerprint density at radius 2 is 1.83 bits per heavy atom. The number of hydrogen-bond acceptors (Lipinski definition) is 4. The average molecular weight is 354 g/mol. The summed E-state index contributed by atoms with van der Waals surface area (Å²) in [6.07, 6.45) is 0. The van der Waals surface area contributed by atoms with E-state index in [1.54, 1.807) is 32.3 Å². The number of fused-ring (bicyclic) bond motifs is 1. The van der Waals surface area contributed by atoms with E-state index in [-0.39, 0.29) is 23.7 Å². The number of hydrogen-bond donors (Lipinski definition) is 1. The third-order valence-electron chi connectivity index (χ3n) is 3.72. The van der Waals surface area contributed by atoms with E-state index in [0.29, 0.717) is 15.6 Å². The molecule has 0 radical (unpaired) electrons. The van der Waals surface area contributed by atoms with Gasteiger partial charge in [0.05, 0.1) is 16.6 Å². The Kier molecular flexibility index (Phi) is 3.69. The first-order chi connectivity index (χ1) is 10.8. The van der Waals surface area contributed by atoms with Gasteiger partial charge in [-0.2, -0.15) is 4.98 Å². The van der Waals surface area contributed by atoms with Gasteiger partial charge in [0.25, 0.3) is 5.56 Å². The molecule has 3 aromatic rings. The van der Waals surface area contributed by atoms with Gasteiger partial charge in [-0.15, -0.1) is 0 Å². The first kappa shape index (κ1) is 15.6. The molecule has 0 aliphatic carbocycles. The van der Waals surface area contributed by atoms with Crippen molar-refractivity contribution in [1.82, 2.24) is 18.7 Å². The number of rotatable bonds is 2. The fraction of sp³-hybridized carbons (Fsp3) is 0.214. The molecule has 120 valence electrons. The average Bonchev–Trinajstić information content (AvgIpc) is 2.81. The Morgan fingerprint density at radius 1 is 1.13 bits per heavy atom. The lowest BCUT2D eigenvalue weighted by Gasteiger charge is -2.09. The van der Waals surface area contributed by atoms with Crippen LogP contribution in [-0.4, -0.2) is 18.7 Å². The monoisotopic (exact) mass is 353 g/mol. The Labute approximate surface area is 140 Å². The summed E-state index contributed by atoms with van der Waals surface area (Å²) in [5.41, 5.74) is 6.01. The van der Waals surface area contributed by atoms with Gasteiger partial charge in [0.1, 0.15) is 0 Å². The van der Waals surface area contributed by atoms with Gasteiger partial charge in [0.15, 0.2) is 11.2 Å². The molecular weight excluding hydrogens is 341 g/mol. The molecule has 0 aliphatic rings. The fourth-order valence-corrected chi connectivity index (χ4v) is 2.74. The minimum Gasteiger partial charge on any atom is -0.369 e. The van der Waals surface area contributed by atoms with Gasteiger partial charge in [-0.1, -0.05) is 29.3 Å². The Morgan fingerprint density at radius 3 is 2.48 bits per heavy atom. The molecule has 0 amide bonds. The molecule has 0 unspecified atom stereocenters. The summed E-state index contributed by atoms with van der Waals surface area (Å²) in [5, 5.41) is 0.769. The normalized spacial score (nSPS) is 11.3. The van der Waals surface area contributed by atoms with Crippen LogP contribution in [0.5, 0.6) is 0 Å². The molecule has 2 aromatic heterocycles. The molecule has 0 fully saturated rings. The van der Waals surface area contributed by atoms with E-state index in [9.17, 15) is 9.59 Å². The maximum Gasteiger partial charge on any atom is 0.332 e. The van der Waals surface area contributed by atoms with Crippen molar-refractivity contribution < 1.29 is 0 Å². The van der Waals surface area contributed by atoms with Crippen molar-refractivity contribution >= 4 is 40.3 Å². The molecule has 9 heteroatoms. The van der Waals surface area contributed by atoms with E-state index in [4.69, 9.17) is 28.9 Å². The van der Waals surface area contributed by atoms with Gasteiger partial charge in [-0.3, -0.25) is 13.9 Å². The Balaban J connectivity index is 2.25. The number of nitrogens with zero attached hydrogens (tertiary/aromatic N) is 4. The van der Waals surface area contributed by atoms with Gasteiger partial charge in [-0.05, 0) is 17.7 Å². The van der Waals surface area contributed by atoms with Crippen molar-refractivity contribution in [3.8, 4) is 0 Å². The summed E-state index contributed by atoms with van der Waals surface area (Å²) in [7, 11) is 3.17. The molecule has 0 saturated carbocycles. The molecule has 3 rings (SSSR count). The molecule has 2 heterocycles. The van der Waals surface area contributed by atoms with Gasteiger partial charge in [0, 0.05) is 14.1 Å². The number of anilines is 1. The molecule has 7 nitrogen and oxygen atoms in total. The summed E-state index contributed by atoms with van der Waals surface area (Å²) < 4.78 is 3.87. The van der Waals surface area contributed by atoms with E-state index in [1.807, 2.05) is 0 Å². The minimum absolute atomic E-state index is 0.0728. The summed E-state index contributed by atoms with van der Waals surface area (Å²) >= 11 is 11.9. The van der Waals surface area contributed by atoms with Crippen molar-refractivity contribution in [3.63, 3.8) is 0 Å². The number of aryl methyl sites for hydroxylation is 2. The zero-order chi connectivity index (χ0) is 16.9. The second-order valence-corrected chi connectivity index (χ2v) is 6.00. The molecular formula is C14H13Cl2N5O2. The van der Waals surface area contributed by atoms with Crippen LogP contribution < -0.4 is 17.0 Å². The number of nitrogens with two attached hydrogens (primary N) is 1. The molecule has 2 N–H and O–H groups in total. The van der Waals surface area contributed by atoms with Crippen LogP contribution in [0.4, 0.5) is 5.95 Å². The topological polar surface area (TPSA) is 87.8 Å². The van der Waals surface area contributed by atoms with Crippen LogP contribution in [-0.2, 0) is 20.6 Å². The summed E-state index contributed by atoms with van der Waals surface area (Å²) in [4.78, 5) is 29.2. The van der Waals surface area contributed by atoms with Crippen molar-refractivity contribution in [3.05, 3.63) is 54.6 Å². The van der Waals surface area contributed by atoms with Gasteiger partial charge in [0.2, 0.25) is 5.95 Å². The highest BCUT2D eigenvalue weighted by Crippen LogP contribution is 2.22. The smallest absolute Gasteiger partial charge is 0.332 e. The number of imidazole rings is 1. The predicted molar refractivity (Wildman–Crippen MR) is 90.2 cm³/mol. The zero-order valence-electron chi connectivity index (χ0n) is 12.4. The second-order valence-electron chi connectivity index (χ2n) is 5.18. The van der Waals surface area contributed by atoms with E-state index >= 15 is 0 Å². The molecule has 23 heavy (non-hydrogen) atoms. The number of halogens is 2. The third kappa shape index (κ3) is 2.42. The minimum atomic E-state index is -0.480. The highest BCUT2D eigenvalue weighted by molar-refractivity contribution is 6.42. The predicted octanol–water partition coefficient (Wildman–Crippen LogP) is 1.37. The summed E-state index contributed by atoms with van der Waals surface area (Å²) in [6.45, 7) is 0.0728. The van der Waals surface area contributed by atoms with E-state index < -0.39 is 11.2 Å². The van der Waals surface area contributed by atoms with Crippen LogP contribution in [0, 0.1) is 0 Å². The molecule has 0 aliphatic heterocycles. The fourth-order valence-electron chi connectivity index (χ4n) is 2.42. The van der Waals surface area contributed by atoms with Gasteiger partial charge >= 0.3 is 5.69 Å². The zero-order valence-corrected chi connectivity index (χ0v) is 13.9. The molecule has 0 saturated heterocycles. The van der Waals surface area contributed by atoms with Crippen molar-refractivity contribution in [2.45, 2.75) is 6.54 Å². The quantitative estimate of drug-likeness (QED) is 0.753. The maximum atomic E-state index is 12.7. The molecule has 1 aromatic carbocycles. The summed E-state index contributed by atoms with van der Waals surface area (Å²) in [6, 6.07) is 4.95. The standard InChI is InChI=1S/C14H13Cl2N5O2/c1-19-10-11(18-13(19)17)20(2)14(23)21(12(10)22)6-7-3-4-8(15)9(16)5-7/h3-5H,6H2,1-2H3,(H2,17,18). The Hall–Kier alpha value is -2.25. The first-order valence-corrected chi connectivity index (χ1v) is 7.42. The summed E-state index contributed by atoms with van der Waals surface area (Å²) in [5.74, 6) is 0.166. The third-order valence-corrected chi connectivity index (χ3v) is 4.46. The first-order valence-electron chi connectivity index (χ1n) is 6.67. The number of nitrogen functional groups attached to an aromatic ring is 1. The Bertz CT molecular complexity index is 1050. The largest absolute Gasteiger partial charge is 0.369 e. The van der Waals surface area contributed by atoms with Crippen LogP contribution in [0.3, 0.4) is 0 Å².